The molecule has 2 amide bonds. The Morgan fingerprint density at radius 3 is 2.20 bits per heavy atom. The highest BCUT2D eigenvalue weighted by Crippen LogP contribution is 2.35. The lowest BCUT2D eigenvalue weighted by Gasteiger charge is -2.22. The van der Waals surface area contributed by atoms with E-state index in [1.807, 2.05) is 13.8 Å². The van der Waals surface area contributed by atoms with Gasteiger partial charge in [-0.1, -0.05) is 11.6 Å². The fourth-order valence-electron chi connectivity index (χ4n) is 2.36. The number of nitrogens with zero attached hydrogens (tertiary/aromatic N) is 2. The van der Waals surface area contributed by atoms with E-state index in [1.165, 1.54) is 14.2 Å². The Bertz CT molecular complexity index is 606. The summed E-state index contributed by atoms with van der Waals surface area (Å²) in [7, 11) is 4.72. The molecule has 1 rings (SSSR count). The molecule has 0 saturated heterocycles. The zero-order valence-electron chi connectivity index (χ0n) is 15.4. The molecule has 0 aliphatic carbocycles. The van der Waals surface area contributed by atoms with E-state index in [-0.39, 0.29) is 24.9 Å². The number of likely N-dealkylation sites (N-methyl/N-ethyl adjacent to an activating group) is 2. The third-order valence-corrected chi connectivity index (χ3v) is 3.98. The van der Waals surface area contributed by atoms with Crippen LogP contribution >= 0.6 is 11.6 Å². The molecular weight excluding hydrogens is 346 g/mol. The van der Waals surface area contributed by atoms with Crippen molar-refractivity contribution in [2.45, 2.75) is 13.8 Å². The van der Waals surface area contributed by atoms with Crippen molar-refractivity contribution in [1.29, 1.82) is 0 Å². The first kappa shape index (κ1) is 21.1. The summed E-state index contributed by atoms with van der Waals surface area (Å²) < 4.78 is 10.4. The molecule has 0 unspecified atom stereocenters. The number of methoxy groups -OCH3 is 2. The lowest BCUT2D eigenvalue weighted by atomic mass is 10.2. The van der Waals surface area contributed by atoms with Gasteiger partial charge >= 0.3 is 0 Å². The molecule has 0 fully saturated rings. The van der Waals surface area contributed by atoms with Gasteiger partial charge in [0, 0.05) is 19.2 Å². The predicted molar refractivity (Wildman–Crippen MR) is 98.6 cm³/mol. The molecule has 1 aromatic rings. The lowest BCUT2D eigenvalue weighted by Crippen LogP contribution is -2.41. The largest absolute Gasteiger partial charge is 0.495 e. The van der Waals surface area contributed by atoms with Gasteiger partial charge in [0.15, 0.2) is 0 Å². The van der Waals surface area contributed by atoms with Crippen molar-refractivity contribution in [1.82, 2.24) is 9.80 Å². The molecule has 0 spiro atoms. The van der Waals surface area contributed by atoms with Crippen LogP contribution in [0.15, 0.2) is 12.1 Å². The first-order chi connectivity index (χ1) is 11.9. The van der Waals surface area contributed by atoms with Crippen molar-refractivity contribution in [3.8, 4) is 11.5 Å². The van der Waals surface area contributed by atoms with E-state index in [0.717, 1.165) is 0 Å². The SMILES string of the molecule is CCN(CC)C(=O)CN(C)CC(=O)Nc1cc(Cl)c(OC)cc1OC. The summed E-state index contributed by atoms with van der Waals surface area (Å²) in [6.45, 7) is 5.39. The van der Waals surface area contributed by atoms with E-state index in [2.05, 4.69) is 5.32 Å². The Labute approximate surface area is 153 Å². The molecule has 1 N–H and O–H groups in total. The van der Waals surface area contributed by atoms with Crippen molar-refractivity contribution in [2.75, 3.05) is 52.8 Å². The van der Waals surface area contributed by atoms with E-state index in [9.17, 15) is 9.59 Å². The van der Waals surface area contributed by atoms with Gasteiger partial charge in [-0.25, -0.2) is 0 Å². The van der Waals surface area contributed by atoms with Crippen LogP contribution < -0.4 is 14.8 Å². The van der Waals surface area contributed by atoms with E-state index >= 15 is 0 Å². The average molecular weight is 372 g/mol. The van der Waals surface area contributed by atoms with Crippen molar-refractivity contribution in [3.63, 3.8) is 0 Å². The first-order valence-corrected chi connectivity index (χ1v) is 8.41. The Kier molecular flexibility index (Phi) is 8.51. The number of carbonyl (C=O) groups is 2. The average Bonchev–Trinajstić information content (AvgIpc) is 2.55. The fourth-order valence-corrected chi connectivity index (χ4v) is 2.60. The van der Waals surface area contributed by atoms with Crippen LogP contribution in [-0.2, 0) is 9.59 Å². The maximum absolute atomic E-state index is 12.2. The summed E-state index contributed by atoms with van der Waals surface area (Å²) in [4.78, 5) is 27.7. The first-order valence-electron chi connectivity index (χ1n) is 8.03. The summed E-state index contributed by atoms with van der Waals surface area (Å²) in [6, 6.07) is 3.17. The van der Waals surface area contributed by atoms with Crippen LogP contribution in [0.3, 0.4) is 0 Å². The molecule has 25 heavy (non-hydrogen) atoms. The van der Waals surface area contributed by atoms with Gasteiger partial charge in [0.05, 0.1) is 38.0 Å². The molecule has 140 valence electrons. The van der Waals surface area contributed by atoms with Crippen LogP contribution in [0.4, 0.5) is 5.69 Å². The highest BCUT2D eigenvalue weighted by Gasteiger charge is 2.16. The van der Waals surface area contributed by atoms with Crippen LogP contribution in [0.5, 0.6) is 11.5 Å². The molecule has 0 heterocycles. The van der Waals surface area contributed by atoms with E-state index < -0.39 is 0 Å². The van der Waals surface area contributed by atoms with E-state index in [4.69, 9.17) is 21.1 Å². The van der Waals surface area contributed by atoms with Gasteiger partial charge in [-0.3, -0.25) is 14.5 Å². The van der Waals surface area contributed by atoms with Crippen molar-refractivity contribution < 1.29 is 19.1 Å². The van der Waals surface area contributed by atoms with Crippen LogP contribution in [-0.4, -0.2) is 69.1 Å². The van der Waals surface area contributed by atoms with Gasteiger partial charge in [0.2, 0.25) is 11.8 Å². The Hall–Kier alpha value is -1.99. The second-order valence-corrected chi connectivity index (χ2v) is 5.88. The molecule has 7 nitrogen and oxygen atoms in total. The standard InChI is InChI=1S/C17H26ClN3O4/c1-6-21(7-2)17(23)11-20(3)10-16(22)19-13-8-12(18)14(24-4)9-15(13)25-5/h8-9H,6-7,10-11H2,1-5H3,(H,19,22). The van der Waals surface area contributed by atoms with Crippen LogP contribution in [0, 0.1) is 0 Å². The number of nitrogens with one attached hydrogen (secondary N) is 1. The molecule has 0 atom stereocenters. The molecule has 8 heteroatoms. The number of ether oxygens (including phenoxy) is 2. The summed E-state index contributed by atoms with van der Waals surface area (Å²) in [5, 5.41) is 3.11. The van der Waals surface area contributed by atoms with Gasteiger partial charge < -0.3 is 19.7 Å². The minimum Gasteiger partial charge on any atom is -0.495 e. The van der Waals surface area contributed by atoms with Crippen LogP contribution in [0.2, 0.25) is 5.02 Å². The quantitative estimate of drug-likeness (QED) is 0.719. The minimum absolute atomic E-state index is 0.00891. The predicted octanol–water partition coefficient (Wildman–Crippen LogP) is 2.10. The molecule has 1 aromatic carbocycles. The zero-order valence-corrected chi connectivity index (χ0v) is 16.1. The highest BCUT2D eigenvalue weighted by molar-refractivity contribution is 6.32. The normalized spacial score (nSPS) is 10.5. The van der Waals surface area contributed by atoms with Gasteiger partial charge in [-0.2, -0.15) is 0 Å². The Morgan fingerprint density at radius 2 is 1.68 bits per heavy atom. The summed E-state index contributed by atoms with van der Waals surface area (Å²) >= 11 is 6.09. The molecule has 0 bridgehead atoms. The number of hydrogen-bond acceptors (Lipinski definition) is 5. The van der Waals surface area contributed by atoms with E-state index in [1.54, 1.807) is 29.0 Å². The maximum Gasteiger partial charge on any atom is 0.238 e. The monoisotopic (exact) mass is 371 g/mol. The van der Waals surface area contributed by atoms with Gasteiger partial charge in [0.25, 0.3) is 0 Å². The lowest BCUT2D eigenvalue weighted by molar-refractivity contribution is -0.132. The third-order valence-electron chi connectivity index (χ3n) is 3.68. The van der Waals surface area contributed by atoms with Crippen molar-refractivity contribution in [3.05, 3.63) is 17.2 Å². The third kappa shape index (κ3) is 6.10. The highest BCUT2D eigenvalue weighted by atomic mass is 35.5. The van der Waals surface area contributed by atoms with E-state index in [0.29, 0.717) is 35.3 Å². The number of hydrogen-bond donors (Lipinski definition) is 1. The van der Waals surface area contributed by atoms with Gasteiger partial charge in [-0.05, 0) is 27.0 Å². The molecular formula is C17H26ClN3O4. The number of rotatable bonds is 9. The van der Waals surface area contributed by atoms with Crippen LogP contribution in [0.25, 0.3) is 0 Å². The summed E-state index contributed by atoms with van der Waals surface area (Å²) in [5.74, 6) is 0.620. The second-order valence-electron chi connectivity index (χ2n) is 5.47. The molecule has 0 aliphatic heterocycles. The summed E-state index contributed by atoms with van der Waals surface area (Å²) in [6.07, 6.45) is 0. The Balaban J connectivity index is 2.70. The molecule has 0 aromatic heterocycles. The summed E-state index contributed by atoms with van der Waals surface area (Å²) in [5.41, 5.74) is 0.446. The van der Waals surface area contributed by atoms with Crippen molar-refractivity contribution >= 4 is 29.1 Å². The van der Waals surface area contributed by atoms with Gasteiger partial charge in [-0.15, -0.1) is 0 Å². The maximum atomic E-state index is 12.2. The number of benzene rings is 1. The Morgan fingerprint density at radius 1 is 1.08 bits per heavy atom. The van der Waals surface area contributed by atoms with Crippen molar-refractivity contribution in [2.24, 2.45) is 0 Å². The number of anilines is 1. The zero-order chi connectivity index (χ0) is 19.0. The molecule has 0 saturated carbocycles. The fraction of sp³-hybridized carbons (Fsp3) is 0.529. The van der Waals surface area contributed by atoms with Crippen LogP contribution in [0.1, 0.15) is 13.8 Å². The number of amides is 2. The van der Waals surface area contributed by atoms with Gasteiger partial charge in [0.1, 0.15) is 11.5 Å². The molecule has 0 aliphatic rings. The number of carbonyl (C=O) groups excluding carboxylic acids is 2. The molecule has 0 radical (unpaired) electrons. The second kappa shape index (κ2) is 10.1. The number of halogens is 1. The smallest absolute Gasteiger partial charge is 0.238 e. The minimum atomic E-state index is -0.269. The topological polar surface area (TPSA) is 71.1 Å².